The molecule has 2 aliphatic heterocycles. The highest BCUT2D eigenvalue weighted by atomic mass is 16.5. The van der Waals surface area contributed by atoms with Crippen molar-refractivity contribution in [2.75, 3.05) is 13.1 Å². The maximum atomic E-state index is 13.0. The number of hydrogen-bond acceptors (Lipinski definition) is 6. The highest BCUT2D eigenvalue weighted by Gasteiger charge is 2.42. The number of fused-ring (bicyclic) bond motifs is 1. The Kier molecular flexibility index (Phi) is 4.80. The van der Waals surface area contributed by atoms with E-state index in [1.54, 1.807) is 0 Å². The highest BCUT2D eigenvalue weighted by molar-refractivity contribution is 5.92. The zero-order valence-corrected chi connectivity index (χ0v) is 18.4. The van der Waals surface area contributed by atoms with E-state index in [1.165, 1.54) is 12.8 Å². The molecule has 0 radical (unpaired) electrons. The number of likely N-dealkylation sites (tertiary alicyclic amines) is 1. The predicted octanol–water partition coefficient (Wildman–Crippen LogP) is 2.68. The van der Waals surface area contributed by atoms with Gasteiger partial charge in [0.25, 0.3) is 11.8 Å². The average molecular weight is 439 g/mol. The standard InChI is InChI=1S/C23H30N6O3/c30-21(24-16-3-1-2-4-16)20-26-25-19-7-8-23(10-12-29(19)20)9-11-28(14-23)22(31)17-13-18(32-27-17)15-5-6-15/h13,15-16H,1-12,14H2,(H,24,30). The molecule has 32 heavy (non-hydrogen) atoms. The zero-order chi connectivity index (χ0) is 21.7. The van der Waals surface area contributed by atoms with E-state index in [-0.39, 0.29) is 23.3 Å². The molecule has 2 aromatic rings. The summed E-state index contributed by atoms with van der Waals surface area (Å²) in [5.41, 5.74) is 0.485. The molecule has 0 aromatic carbocycles. The van der Waals surface area contributed by atoms with Gasteiger partial charge in [0.15, 0.2) is 5.69 Å². The Bertz CT molecular complexity index is 1030. The van der Waals surface area contributed by atoms with Gasteiger partial charge < -0.3 is 19.3 Å². The van der Waals surface area contributed by atoms with Gasteiger partial charge in [-0.15, -0.1) is 10.2 Å². The Morgan fingerprint density at radius 2 is 1.88 bits per heavy atom. The maximum Gasteiger partial charge on any atom is 0.289 e. The maximum absolute atomic E-state index is 13.0. The third kappa shape index (κ3) is 3.61. The molecule has 9 heteroatoms. The van der Waals surface area contributed by atoms with Gasteiger partial charge in [-0.25, -0.2) is 0 Å². The molecule has 2 aromatic heterocycles. The van der Waals surface area contributed by atoms with E-state index in [9.17, 15) is 9.59 Å². The zero-order valence-electron chi connectivity index (χ0n) is 18.4. The predicted molar refractivity (Wildman–Crippen MR) is 114 cm³/mol. The van der Waals surface area contributed by atoms with Gasteiger partial charge in [-0.05, 0) is 50.4 Å². The van der Waals surface area contributed by atoms with E-state index < -0.39 is 0 Å². The van der Waals surface area contributed by atoms with Gasteiger partial charge in [0.2, 0.25) is 5.82 Å². The highest BCUT2D eigenvalue weighted by Crippen LogP contribution is 2.42. The smallest absolute Gasteiger partial charge is 0.289 e. The number of rotatable bonds is 4. The summed E-state index contributed by atoms with van der Waals surface area (Å²) in [7, 11) is 0. The minimum atomic E-state index is -0.104. The summed E-state index contributed by atoms with van der Waals surface area (Å²) in [4.78, 5) is 27.7. The van der Waals surface area contributed by atoms with Gasteiger partial charge in [0.05, 0.1) is 0 Å². The van der Waals surface area contributed by atoms with Gasteiger partial charge in [-0.2, -0.15) is 0 Å². The van der Waals surface area contributed by atoms with Crippen molar-refractivity contribution in [2.24, 2.45) is 5.41 Å². The molecule has 1 unspecified atom stereocenters. The number of hydrogen-bond donors (Lipinski definition) is 1. The van der Waals surface area contributed by atoms with Crippen LogP contribution in [0.3, 0.4) is 0 Å². The lowest BCUT2D eigenvalue weighted by molar-refractivity contribution is 0.0756. The van der Waals surface area contributed by atoms with Crippen molar-refractivity contribution in [1.29, 1.82) is 0 Å². The number of aryl methyl sites for hydroxylation is 1. The number of aromatic nitrogens is 4. The van der Waals surface area contributed by atoms with Crippen LogP contribution in [0.25, 0.3) is 0 Å². The topological polar surface area (TPSA) is 106 Å². The second-order valence-electron chi connectivity index (χ2n) is 10.2. The fourth-order valence-corrected chi connectivity index (χ4v) is 5.72. The second-order valence-corrected chi connectivity index (χ2v) is 10.2. The van der Waals surface area contributed by atoms with Crippen molar-refractivity contribution in [3.05, 3.63) is 29.2 Å². The Morgan fingerprint density at radius 1 is 1.06 bits per heavy atom. The van der Waals surface area contributed by atoms with Crippen molar-refractivity contribution in [3.63, 3.8) is 0 Å². The number of nitrogens with one attached hydrogen (secondary N) is 1. The van der Waals surface area contributed by atoms with E-state index in [4.69, 9.17) is 4.52 Å². The quantitative estimate of drug-likeness (QED) is 0.787. The molecule has 170 valence electrons. The molecule has 3 fully saturated rings. The first-order valence-corrected chi connectivity index (χ1v) is 12.1. The lowest BCUT2D eigenvalue weighted by atomic mass is 9.80. The van der Waals surface area contributed by atoms with Crippen molar-refractivity contribution < 1.29 is 14.1 Å². The molecule has 6 rings (SSSR count). The number of nitrogens with zero attached hydrogens (tertiary/aromatic N) is 5. The van der Waals surface area contributed by atoms with Crippen LogP contribution < -0.4 is 5.32 Å². The van der Waals surface area contributed by atoms with Crippen LogP contribution in [0.2, 0.25) is 0 Å². The molecule has 1 N–H and O–H groups in total. The van der Waals surface area contributed by atoms with Gasteiger partial charge in [-0.1, -0.05) is 18.0 Å². The third-order valence-electron chi connectivity index (χ3n) is 7.92. The Morgan fingerprint density at radius 3 is 2.69 bits per heavy atom. The van der Waals surface area contributed by atoms with Crippen LogP contribution in [0.1, 0.15) is 96.4 Å². The Balaban J connectivity index is 1.12. The Hall–Kier alpha value is -2.71. The van der Waals surface area contributed by atoms with Crippen molar-refractivity contribution in [2.45, 2.75) is 82.7 Å². The van der Waals surface area contributed by atoms with E-state index in [1.807, 2.05) is 15.5 Å². The molecule has 1 saturated heterocycles. The summed E-state index contributed by atoms with van der Waals surface area (Å²) in [5.74, 6) is 2.48. The fourth-order valence-electron chi connectivity index (χ4n) is 5.72. The first kappa shape index (κ1) is 19.9. The van der Waals surface area contributed by atoms with Crippen LogP contribution in [0.15, 0.2) is 10.6 Å². The lowest BCUT2D eigenvalue weighted by Gasteiger charge is -2.27. The normalized spacial score (nSPS) is 25.8. The minimum absolute atomic E-state index is 0.0298. The van der Waals surface area contributed by atoms with E-state index >= 15 is 0 Å². The molecule has 9 nitrogen and oxygen atoms in total. The number of amides is 2. The van der Waals surface area contributed by atoms with Crippen LogP contribution in [0.4, 0.5) is 0 Å². The first-order valence-electron chi connectivity index (χ1n) is 12.1. The van der Waals surface area contributed by atoms with Crippen LogP contribution in [0.5, 0.6) is 0 Å². The SMILES string of the molecule is O=C(NC1CCCC1)c1nnc2n1CCC1(CC2)CCN(C(=O)c2cc(C3CC3)on2)C1. The molecule has 4 heterocycles. The molecule has 2 aliphatic carbocycles. The van der Waals surface area contributed by atoms with Gasteiger partial charge in [-0.3, -0.25) is 9.59 Å². The third-order valence-corrected chi connectivity index (χ3v) is 7.92. The van der Waals surface area contributed by atoms with Crippen LogP contribution >= 0.6 is 0 Å². The molecular weight excluding hydrogens is 408 g/mol. The molecule has 0 bridgehead atoms. The van der Waals surface area contributed by atoms with Gasteiger partial charge >= 0.3 is 0 Å². The summed E-state index contributed by atoms with van der Waals surface area (Å²) in [6, 6.07) is 2.09. The van der Waals surface area contributed by atoms with Gasteiger partial charge in [0, 0.05) is 44.1 Å². The van der Waals surface area contributed by atoms with Crippen molar-refractivity contribution in [1.82, 2.24) is 30.1 Å². The molecule has 1 atom stereocenters. The number of carbonyl (C=O) groups excluding carboxylic acids is 2. The number of carbonyl (C=O) groups is 2. The lowest BCUT2D eigenvalue weighted by Crippen LogP contribution is -2.35. The summed E-state index contributed by atoms with van der Waals surface area (Å²) < 4.78 is 7.39. The summed E-state index contributed by atoms with van der Waals surface area (Å²) in [6.45, 7) is 2.17. The van der Waals surface area contributed by atoms with Crippen LogP contribution in [-0.2, 0) is 13.0 Å². The van der Waals surface area contributed by atoms with E-state index in [2.05, 4.69) is 20.7 Å². The van der Waals surface area contributed by atoms with E-state index in [0.29, 0.717) is 24.0 Å². The van der Waals surface area contributed by atoms with Crippen LogP contribution in [0, 0.1) is 5.41 Å². The monoisotopic (exact) mass is 438 g/mol. The van der Waals surface area contributed by atoms with E-state index in [0.717, 1.165) is 76.0 Å². The van der Waals surface area contributed by atoms with Crippen molar-refractivity contribution >= 4 is 11.8 Å². The molecule has 1 spiro atoms. The molecular formula is C23H30N6O3. The summed E-state index contributed by atoms with van der Waals surface area (Å²) in [5, 5.41) is 15.7. The summed E-state index contributed by atoms with van der Waals surface area (Å²) >= 11 is 0. The van der Waals surface area contributed by atoms with Crippen LogP contribution in [-0.4, -0.2) is 55.8 Å². The average Bonchev–Trinajstić information content (AvgIpc) is 3.20. The molecule has 2 saturated carbocycles. The molecule has 2 amide bonds. The minimum Gasteiger partial charge on any atom is -0.360 e. The first-order chi connectivity index (χ1) is 15.6. The van der Waals surface area contributed by atoms with Gasteiger partial charge in [0.1, 0.15) is 11.6 Å². The largest absolute Gasteiger partial charge is 0.360 e. The Labute approximate surface area is 186 Å². The fraction of sp³-hybridized carbons (Fsp3) is 0.696. The van der Waals surface area contributed by atoms with Crippen molar-refractivity contribution in [3.8, 4) is 0 Å². The molecule has 4 aliphatic rings. The summed E-state index contributed by atoms with van der Waals surface area (Å²) in [6.07, 6.45) is 10.3. The second kappa shape index (κ2) is 7.71.